The molecule has 7 nitrogen and oxygen atoms in total. The summed E-state index contributed by atoms with van der Waals surface area (Å²) in [5.41, 5.74) is 1.39. The minimum atomic E-state index is -1.06. The van der Waals surface area contributed by atoms with Gasteiger partial charge in [0.25, 0.3) is 11.7 Å². The highest BCUT2D eigenvalue weighted by Gasteiger charge is 2.40. The molecule has 0 saturated heterocycles. The van der Waals surface area contributed by atoms with Crippen LogP contribution in [0, 0.1) is 6.92 Å². The first-order chi connectivity index (χ1) is 9.58. The zero-order valence-corrected chi connectivity index (χ0v) is 10.6. The first-order valence-electron chi connectivity index (χ1n) is 6.02. The number of carboxylic acid groups (broad SMARTS) is 1. The maximum Gasteiger partial charge on any atom is 0.327 e. The van der Waals surface area contributed by atoms with Gasteiger partial charge >= 0.3 is 5.97 Å². The highest BCUT2D eigenvalue weighted by molar-refractivity contribution is 6.08. The first kappa shape index (κ1) is 12.3. The van der Waals surface area contributed by atoms with E-state index in [9.17, 15) is 14.7 Å². The molecule has 1 aromatic carbocycles. The molecule has 102 valence electrons. The SMILES string of the molecule is Cc1nc(C(=O)N2c3ccccc3CC2C(=O)O)no1. The van der Waals surface area contributed by atoms with Crippen LogP contribution in [0.1, 0.15) is 22.1 Å². The normalized spacial score (nSPS) is 17.1. The summed E-state index contributed by atoms with van der Waals surface area (Å²) in [6.07, 6.45) is 0.272. The van der Waals surface area contributed by atoms with Gasteiger partial charge in [0.05, 0.1) is 0 Å². The van der Waals surface area contributed by atoms with E-state index in [4.69, 9.17) is 4.52 Å². The van der Waals surface area contributed by atoms with E-state index in [2.05, 4.69) is 10.1 Å². The Kier molecular flexibility index (Phi) is 2.74. The number of fused-ring (bicyclic) bond motifs is 1. The number of aryl methyl sites for hydroxylation is 1. The van der Waals surface area contributed by atoms with Crippen LogP contribution < -0.4 is 4.90 Å². The minimum absolute atomic E-state index is 0.134. The lowest BCUT2D eigenvalue weighted by atomic mass is 10.1. The van der Waals surface area contributed by atoms with Gasteiger partial charge in [0, 0.05) is 19.0 Å². The van der Waals surface area contributed by atoms with Crippen molar-refractivity contribution in [1.82, 2.24) is 10.1 Å². The van der Waals surface area contributed by atoms with E-state index in [0.717, 1.165) is 5.56 Å². The Labute approximate surface area is 113 Å². The monoisotopic (exact) mass is 273 g/mol. The van der Waals surface area contributed by atoms with Crippen molar-refractivity contribution in [2.45, 2.75) is 19.4 Å². The van der Waals surface area contributed by atoms with Crippen LogP contribution in [0.25, 0.3) is 0 Å². The molecule has 0 bridgehead atoms. The number of aromatic nitrogens is 2. The van der Waals surface area contributed by atoms with Crippen LogP contribution in [0.2, 0.25) is 0 Å². The molecule has 1 aromatic heterocycles. The third kappa shape index (κ3) is 1.83. The molecule has 2 aromatic rings. The van der Waals surface area contributed by atoms with Crippen molar-refractivity contribution in [3.63, 3.8) is 0 Å². The zero-order chi connectivity index (χ0) is 14.3. The second-order valence-electron chi connectivity index (χ2n) is 4.50. The number of carboxylic acids is 1. The summed E-state index contributed by atoms with van der Waals surface area (Å²) in [5, 5.41) is 12.9. The Hall–Kier alpha value is -2.70. The van der Waals surface area contributed by atoms with Crippen molar-refractivity contribution in [3.8, 4) is 0 Å². The van der Waals surface area contributed by atoms with E-state index in [0.29, 0.717) is 5.69 Å². The third-order valence-corrected chi connectivity index (χ3v) is 3.20. The summed E-state index contributed by atoms with van der Waals surface area (Å²) in [6, 6.07) is 6.14. The third-order valence-electron chi connectivity index (χ3n) is 3.20. The van der Waals surface area contributed by atoms with Gasteiger partial charge in [-0.05, 0) is 11.6 Å². The maximum atomic E-state index is 12.4. The molecule has 20 heavy (non-hydrogen) atoms. The molecule has 2 heterocycles. The van der Waals surface area contributed by atoms with Gasteiger partial charge in [0.15, 0.2) is 0 Å². The summed E-state index contributed by atoms with van der Waals surface area (Å²) in [5.74, 6) is -1.51. The number of anilines is 1. The molecule has 1 aliphatic heterocycles. The van der Waals surface area contributed by atoms with E-state index in [-0.39, 0.29) is 18.1 Å². The quantitative estimate of drug-likeness (QED) is 0.877. The van der Waals surface area contributed by atoms with Gasteiger partial charge in [-0.2, -0.15) is 4.98 Å². The van der Waals surface area contributed by atoms with Crippen LogP contribution in [0.4, 0.5) is 5.69 Å². The fourth-order valence-corrected chi connectivity index (χ4v) is 2.33. The van der Waals surface area contributed by atoms with Crippen molar-refractivity contribution in [3.05, 3.63) is 41.5 Å². The van der Waals surface area contributed by atoms with Gasteiger partial charge in [0.2, 0.25) is 5.89 Å². The number of benzene rings is 1. The minimum Gasteiger partial charge on any atom is -0.480 e. The number of amides is 1. The van der Waals surface area contributed by atoms with Crippen LogP contribution in [-0.4, -0.2) is 33.2 Å². The summed E-state index contributed by atoms with van der Waals surface area (Å²) >= 11 is 0. The average molecular weight is 273 g/mol. The van der Waals surface area contributed by atoms with Crippen LogP contribution in [0.15, 0.2) is 28.8 Å². The van der Waals surface area contributed by atoms with Gasteiger partial charge in [-0.1, -0.05) is 23.4 Å². The first-order valence-corrected chi connectivity index (χ1v) is 6.02. The Morgan fingerprint density at radius 1 is 1.40 bits per heavy atom. The van der Waals surface area contributed by atoms with E-state index in [1.54, 1.807) is 25.1 Å². The number of para-hydroxylation sites is 1. The number of rotatable bonds is 2. The van der Waals surface area contributed by atoms with Gasteiger partial charge in [-0.3, -0.25) is 9.69 Å². The number of hydrogen-bond acceptors (Lipinski definition) is 5. The Balaban J connectivity index is 2.04. The number of aliphatic carboxylic acids is 1. The highest BCUT2D eigenvalue weighted by Crippen LogP contribution is 2.33. The molecule has 1 N–H and O–H groups in total. The number of nitrogens with zero attached hydrogens (tertiary/aromatic N) is 3. The smallest absolute Gasteiger partial charge is 0.327 e. The van der Waals surface area contributed by atoms with Crippen molar-refractivity contribution < 1.29 is 19.2 Å². The molecule has 7 heteroatoms. The lowest BCUT2D eigenvalue weighted by Crippen LogP contribution is -2.43. The highest BCUT2D eigenvalue weighted by atomic mass is 16.5. The zero-order valence-electron chi connectivity index (χ0n) is 10.6. The predicted molar refractivity (Wildman–Crippen MR) is 67.4 cm³/mol. The standard InChI is InChI=1S/C13H11N3O4/c1-7-14-11(15-20-7)12(17)16-9-5-3-2-4-8(9)6-10(16)13(18)19/h2-5,10H,6H2,1H3,(H,18,19). The van der Waals surface area contributed by atoms with Crippen LogP contribution in [-0.2, 0) is 11.2 Å². The molecule has 0 radical (unpaired) electrons. The average Bonchev–Trinajstić information content (AvgIpc) is 3.01. The molecule has 0 saturated carbocycles. The van der Waals surface area contributed by atoms with Crippen LogP contribution in [0.3, 0.4) is 0 Å². The van der Waals surface area contributed by atoms with Crippen LogP contribution in [0.5, 0.6) is 0 Å². The van der Waals surface area contributed by atoms with Gasteiger partial charge in [-0.25, -0.2) is 4.79 Å². The summed E-state index contributed by atoms with van der Waals surface area (Å²) < 4.78 is 4.77. The lowest BCUT2D eigenvalue weighted by Gasteiger charge is -2.20. The number of hydrogen-bond donors (Lipinski definition) is 1. The van der Waals surface area contributed by atoms with Crippen molar-refractivity contribution >= 4 is 17.6 Å². The lowest BCUT2D eigenvalue weighted by molar-refractivity contribution is -0.138. The van der Waals surface area contributed by atoms with Gasteiger partial charge in [-0.15, -0.1) is 0 Å². The molecule has 1 amide bonds. The summed E-state index contributed by atoms with van der Waals surface area (Å²) in [7, 11) is 0. The molecular weight excluding hydrogens is 262 g/mol. The van der Waals surface area contributed by atoms with Gasteiger partial charge < -0.3 is 9.63 Å². The van der Waals surface area contributed by atoms with E-state index < -0.39 is 17.9 Å². The Morgan fingerprint density at radius 3 is 2.80 bits per heavy atom. The van der Waals surface area contributed by atoms with E-state index >= 15 is 0 Å². The van der Waals surface area contributed by atoms with Crippen molar-refractivity contribution in [2.75, 3.05) is 4.90 Å². The topological polar surface area (TPSA) is 96.5 Å². The second kappa shape index (κ2) is 4.44. The van der Waals surface area contributed by atoms with Crippen molar-refractivity contribution in [1.29, 1.82) is 0 Å². The number of carbonyl (C=O) groups is 2. The predicted octanol–water partition coefficient (Wildman–Crippen LogP) is 1.03. The Bertz CT molecular complexity index is 694. The van der Waals surface area contributed by atoms with Crippen molar-refractivity contribution in [2.24, 2.45) is 0 Å². The second-order valence-corrected chi connectivity index (χ2v) is 4.50. The summed E-state index contributed by atoms with van der Waals surface area (Å²) in [4.78, 5) is 28.8. The molecule has 3 rings (SSSR count). The molecule has 0 spiro atoms. The fraction of sp³-hybridized carbons (Fsp3) is 0.231. The molecule has 1 unspecified atom stereocenters. The summed E-state index contributed by atoms with van der Waals surface area (Å²) in [6.45, 7) is 1.57. The van der Waals surface area contributed by atoms with E-state index in [1.807, 2.05) is 6.07 Å². The molecular formula is C13H11N3O4. The number of carbonyl (C=O) groups excluding carboxylic acids is 1. The van der Waals surface area contributed by atoms with E-state index in [1.165, 1.54) is 4.90 Å². The Morgan fingerprint density at radius 2 is 2.15 bits per heavy atom. The van der Waals surface area contributed by atoms with Crippen LogP contribution >= 0.6 is 0 Å². The van der Waals surface area contributed by atoms with Gasteiger partial charge in [0.1, 0.15) is 6.04 Å². The molecule has 0 fully saturated rings. The molecule has 1 aliphatic rings. The fourth-order valence-electron chi connectivity index (χ4n) is 2.33. The molecule has 0 aliphatic carbocycles. The maximum absolute atomic E-state index is 12.4. The largest absolute Gasteiger partial charge is 0.480 e. The molecule has 1 atom stereocenters.